The Bertz CT molecular complexity index is 723. The Morgan fingerprint density at radius 2 is 1.72 bits per heavy atom. The Labute approximate surface area is 145 Å². The summed E-state index contributed by atoms with van der Waals surface area (Å²) in [6.07, 6.45) is 0.257. The molecule has 0 bridgehead atoms. The van der Waals surface area contributed by atoms with Crippen molar-refractivity contribution in [3.05, 3.63) is 41.6 Å². The largest absolute Gasteiger partial charge is 0.416 e. The maximum atomic E-state index is 12.9. The van der Waals surface area contributed by atoms with Crippen LogP contribution >= 0.6 is 0 Å². The highest BCUT2D eigenvalue weighted by molar-refractivity contribution is 5.59. The van der Waals surface area contributed by atoms with Gasteiger partial charge in [0.05, 0.1) is 5.56 Å². The highest BCUT2D eigenvalue weighted by Crippen LogP contribution is 2.31. The number of hydrogen-bond donors (Lipinski definition) is 1. The minimum atomic E-state index is -4.36. The molecule has 25 heavy (non-hydrogen) atoms. The molecule has 0 saturated carbocycles. The molecule has 0 spiro atoms. The quantitative estimate of drug-likeness (QED) is 0.852. The fourth-order valence-electron chi connectivity index (χ4n) is 2.95. The molecule has 1 saturated heterocycles. The topological polar surface area (TPSA) is 41.1 Å². The lowest BCUT2D eigenvalue weighted by Gasteiger charge is -2.21. The van der Waals surface area contributed by atoms with Crippen LogP contribution in [0.25, 0.3) is 0 Å². The van der Waals surface area contributed by atoms with Crippen molar-refractivity contribution in [1.29, 1.82) is 0 Å². The van der Waals surface area contributed by atoms with Gasteiger partial charge in [-0.25, -0.2) is 4.98 Å². The molecular formula is C18H21F3N4. The lowest BCUT2D eigenvalue weighted by molar-refractivity contribution is -0.137. The van der Waals surface area contributed by atoms with Crippen molar-refractivity contribution in [3.8, 4) is 0 Å². The summed E-state index contributed by atoms with van der Waals surface area (Å²) in [5.41, 5.74) is 0.453. The summed E-state index contributed by atoms with van der Waals surface area (Å²) in [6, 6.07) is 6.86. The van der Waals surface area contributed by atoms with E-state index < -0.39 is 11.7 Å². The average molecular weight is 350 g/mol. The number of nitrogens with one attached hydrogen (secondary N) is 1. The summed E-state index contributed by atoms with van der Waals surface area (Å²) in [5, 5.41) is 2.97. The molecule has 1 fully saturated rings. The molecule has 1 aromatic heterocycles. The first kappa shape index (κ1) is 17.5. The summed E-state index contributed by atoms with van der Waals surface area (Å²) < 4.78 is 38.6. The van der Waals surface area contributed by atoms with Gasteiger partial charge in [-0.2, -0.15) is 18.2 Å². The van der Waals surface area contributed by atoms with Crippen LogP contribution in [0.15, 0.2) is 30.3 Å². The second-order valence-electron chi connectivity index (χ2n) is 6.30. The van der Waals surface area contributed by atoms with Crippen molar-refractivity contribution in [1.82, 2.24) is 9.97 Å². The fraction of sp³-hybridized carbons (Fsp3) is 0.444. The molecule has 0 radical (unpaired) electrons. The van der Waals surface area contributed by atoms with Crippen molar-refractivity contribution in [3.63, 3.8) is 0 Å². The number of anilines is 3. The van der Waals surface area contributed by atoms with Gasteiger partial charge in [0.15, 0.2) is 0 Å². The molecular weight excluding hydrogens is 329 g/mol. The van der Waals surface area contributed by atoms with Gasteiger partial charge in [-0.1, -0.05) is 18.9 Å². The van der Waals surface area contributed by atoms with Gasteiger partial charge >= 0.3 is 6.18 Å². The second kappa shape index (κ2) is 7.29. The van der Waals surface area contributed by atoms with Gasteiger partial charge in [-0.3, -0.25) is 0 Å². The molecule has 7 heteroatoms. The molecule has 0 aliphatic carbocycles. The van der Waals surface area contributed by atoms with Crippen LogP contribution in [0.5, 0.6) is 0 Å². The Balaban J connectivity index is 1.83. The van der Waals surface area contributed by atoms with Gasteiger partial charge < -0.3 is 10.2 Å². The zero-order valence-corrected chi connectivity index (χ0v) is 14.1. The molecule has 1 aromatic carbocycles. The van der Waals surface area contributed by atoms with E-state index in [1.165, 1.54) is 18.9 Å². The van der Waals surface area contributed by atoms with Crippen LogP contribution in [-0.2, 0) is 6.18 Å². The molecule has 3 rings (SSSR count). The lowest BCUT2D eigenvalue weighted by Crippen LogP contribution is -2.26. The van der Waals surface area contributed by atoms with Crippen LogP contribution in [-0.4, -0.2) is 23.1 Å². The van der Waals surface area contributed by atoms with Gasteiger partial charge in [-0.05, 0) is 38.0 Å². The second-order valence-corrected chi connectivity index (χ2v) is 6.30. The first-order valence-corrected chi connectivity index (χ1v) is 8.47. The third-order valence-electron chi connectivity index (χ3n) is 4.19. The average Bonchev–Trinajstić information content (AvgIpc) is 2.83. The van der Waals surface area contributed by atoms with E-state index in [1.54, 1.807) is 12.1 Å². The highest BCUT2D eigenvalue weighted by atomic mass is 19.4. The first-order valence-electron chi connectivity index (χ1n) is 8.47. The van der Waals surface area contributed by atoms with Crippen molar-refractivity contribution in [2.24, 2.45) is 0 Å². The van der Waals surface area contributed by atoms with E-state index >= 15 is 0 Å². The number of nitrogens with zero attached hydrogens (tertiary/aromatic N) is 3. The van der Waals surface area contributed by atoms with E-state index in [0.717, 1.165) is 43.8 Å². The minimum absolute atomic E-state index is 0.356. The van der Waals surface area contributed by atoms with E-state index in [9.17, 15) is 13.2 Å². The van der Waals surface area contributed by atoms with E-state index in [2.05, 4.69) is 20.2 Å². The van der Waals surface area contributed by atoms with Gasteiger partial charge in [-0.15, -0.1) is 0 Å². The highest BCUT2D eigenvalue weighted by Gasteiger charge is 2.30. The smallest absolute Gasteiger partial charge is 0.341 e. The van der Waals surface area contributed by atoms with E-state index in [-0.39, 0.29) is 0 Å². The molecule has 1 aliphatic rings. The zero-order chi connectivity index (χ0) is 17.9. The molecule has 4 nitrogen and oxygen atoms in total. The number of aromatic nitrogens is 2. The predicted molar refractivity (Wildman–Crippen MR) is 92.2 cm³/mol. The third kappa shape index (κ3) is 4.61. The van der Waals surface area contributed by atoms with Crippen molar-refractivity contribution < 1.29 is 13.2 Å². The summed E-state index contributed by atoms with van der Waals surface area (Å²) in [5.74, 6) is 1.14. The molecule has 0 unspecified atom stereocenters. The SMILES string of the molecule is Cc1cc(Nc2cccc(C(F)(F)F)c2)nc(N2CCCCCC2)n1. The maximum absolute atomic E-state index is 12.9. The molecule has 0 amide bonds. The van der Waals surface area contributed by atoms with Gasteiger partial charge in [0.2, 0.25) is 5.95 Å². The monoisotopic (exact) mass is 350 g/mol. The summed E-state index contributed by atoms with van der Waals surface area (Å²) in [6.45, 7) is 3.68. The molecule has 2 aromatic rings. The summed E-state index contributed by atoms with van der Waals surface area (Å²) in [7, 11) is 0. The molecule has 2 heterocycles. The van der Waals surface area contributed by atoms with E-state index in [1.807, 2.05) is 6.92 Å². The molecule has 1 aliphatic heterocycles. The number of alkyl halides is 3. The maximum Gasteiger partial charge on any atom is 0.416 e. The number of rotatable bonds is 3. The van der Waals surface area contributed by atoms with E-state index in [4.69, 9.17) is 0 Å². The van der Waals surface area contributed by atoms with Crippen LogP contribution in [0.2, 0.25) is 0 Å². The Morgan fingerprint density at radius 3 is 2.40 bits per heavy atom. The molecule has 0 atom stereocenters. The minimum Gasteiger partial charge on any atom is -0.341 e. The lowest BCUT2D eigenvalue weighted by atomic mass is 10.2. The van der Waals surface area contributed by atoms with Crippen LogP contribution in [0.1, 0.15) is 36.9 Å². The number of hydrogen-bond acceptors (Lipinski definition) is 4. The fourth-order valence-corrected chi connectivity index (χ4v) is 2.95. The summed E-state index contributed by atoms with van der Waals surface area (Å²) >= 11 is 0. The van der Waals surface area contributed by atoms with Crippen molar-refractivity contribution >= 4 is 17.5 Å². The molecule has 134 valence electrons. The number of halogens is 3. The predicted octanol–water partition coefficient (Wildman–Crippen LogP) is 4.93. The van der Waals surface area contributed by atoms with Crippen LogP contribution < -0.4 is 10.2 Å². The number of aryl methyl sites for hydroxylation is 1. The van der Waals surface area contributed by atoms with E-state index in [0.29, 0.717) is 17.5 Å². The third-order valence-corrected chi connectivity index (χ3v) is 4.19. The normalized spacial score (nSPS) is 15.8. The van der Waals surface area contributed by atoms with Crippen molar-refractivity contribution in [2.75, 3.05) is 23.3 Å². The van der Waals surface area contributed by atoms with Crippen LogP contribution in [0.4, 0.5) is 30.6 Å². The first-order chi connectivity index (χ1) is 11.9. The Morgan fingerprint density at radius 1 is 1.00 bits per heavy atom. The van der Waals surface area contributed by atoms with Crippen LogP contribution in [0.3, 0.4) is 0 Å². The van der Waals surface area contributed by atoms with Gasteiger partial charge in [0.25, 0.3) is 0 Å². The van der Waals surface area contributed by atoms with Gasteiger partial charge in [0, 0.05) is 30.5 Å². The zero-order valence-electron chi connectivity index (χ0n) is 14.1. The Hall–Kier alpha value is -2.31. The molecule has 1 N–H and O–H groups in total. The van der Waals surface area contributed by atoms with Crippen LogP contribution in [0, 0.1) is 6.92 Å². The Kier molecular flexibility index (Phi) is 5.11. The number of benzene rings is 1. The summed E-state index contributed by atoms with van der Waals surface area (Å²) in [4.78, 5) is 11.2. The van der Waals surface area contributed by atoms with Gasteiger partial charge in [0.1, 0.15) is 5.82 Å². The van der Waals surface area contributed by atoms with Crippen molar-refractivity contribution in [2.45, 2.75) is 38.8 Å². The standard InChI is InChI=1S/C18H21F3N4/c1-13-11-16(23-15-8-6-7-14(12-15)18(19,20)21)24-17(22-13)25-9-4-2-3-5-10-25/h6-8,11-12H,2-5,9-10H2,1H3,(H,22,23,24).